The van der Waals surface area contributed by atoms with Crippen LogP contribution in [0.4, 0.5) is 143 Å². The fraction of sp³-hybridized carbons (Fsp3) is 0.500. The molecule has 2 aromatic carbocycles. The van der Waals surface area contributed by atoms with Crippen LogP contribution in [-0.2, 0) is 10.8 Å². The molecule has 2 aliphatic heterocycles. The molecule has 2 heterocycles. The minimum Gasteiger partial charge on any atom is -0.347 e. The first-order valence-electron chi connectivity index (χ1n) is 23.0. The second-order valence-corrected chi connectivity index (χ2v) is 20.6. The zero-order chi connectivity index (χ0) is 64.5. The highest BCUT2D eigenvalue weighted by Crippen LogP contribution is 2.65. The first kappa shape index (κ1) is 68.3. The SMILES string of the molecule is CN1/C(=C/C=C2\CCCC(/C=C/C3=[N+](C)c4ccc(/C=C/C(F)(F)C(F)(F)C(F)(F)C(F)(F)C(F)(F)C(F)(F)C(F)(F)F)cc4C3(C)C)=C2Cl)C(C)(C)c2cc(/C=C/C(F)(F)C(F)(F)C(F)(F)C(F)(F)C(F)(F)C(F)(F)C(F)(F)F)ccc21. The van der Waals surface area contributed by atoms with Gasteiger partial charge in [-0.15, -0.1) is 0 Å². The van der Waals surface area contributed by atoms with Gasteiger partial charge in [-0.05, 0) is 103 Å². The van der Waals surface area contributed by atoms with E-state index in [2.05, 4.69) is 0 Å². The van der Waals surface area contributed by atoms with Gasteiger partial charge in [0.2, 0.25) is 5.69 Å². The molecule has 464 valence electrons. The van der Waals surface area contributed by atoms with Crippen molar-refractivity contribution in [2.24, 2.45) is 0 Å². The van der Waals surface area contributed by atoms with Crippen molar-refractivity contribution >= 4 is 40.8 Å². The van der Waals surface area contributed by atoms with Gasteiger partial charge in [0.15, 0.2) is 5.71 Å². The zero-order valence-corrected chi connectivity index (χ0v) is 43.1. The van der Waals surface area contributed by atoms with Crippen LogP contribution in [0.25, 0.3) is 12.2 Å². The van der Waals surface area contributed by atoms with E-state index in [1.54, 1.807) is 12.2 Å². The van der Waals surface area contributed by atoms with Gasteiger partial charge in [0.1, 0.15) is 7.05 Å². The fourth-order valence-electron chi connectivity index (χ4n) is 9.05. The lowest BCUT2D eigenvalue weighted by molar-refractivity contribution is -0.449. The molecule has 0 bridgehead atoms. The van der Waals surface area contributed by atoms with Gasteiger partial charge in [0, 0.05) is 46.6 Å². The molecule has 2 nitrogen and oxygen atoms in total. The van der Waals surface area contributed by atoms with Crippen molar-refractivity contribution in [3.63, 3.8) is 0 Å². The second kappa shape index (κ2) is 20.3. The van der Waals surface area contributed by atoms with Crippen LogP contribution in [0.2, 0.25) is 0 Å². The Bertz CT molecular complexity index is 3090. The smallest absolute Gasteiger partial charge is 0.347 e. The summed E-state index contributed by atoms with van der Waals surface area (Å²) in [5.41, 5.74) is -0.821. The summed E-state index contributed by atoms with van der Waals surface area (Å²) in [5, 5.41) is 0.175. The normalized spacial score (nSPS) is 19.9. The largest absolute Gasteiger partial charge is 0.460 e. The van der Waals surface area contributed by atoms with Crippen molar-refractivity contribution in [3.05, 3.63) is 117 Å². The Morgan fingerprint density at radius 1 is 0.458 bits per heavy atom. The molecule has 0 N–H and O–H groups in total. The number of fused-ring (bicyclic) bond motifs is 2. The van der Waals surface area contributed by atoms with E-state index < -0.39 is 118 Å². The van der Waals surface area contributed by atoms with Crippen LogP contribution in [-0.4, -0.2) is 108 Å². The predicted octanol–water partition coefficient (Wildman–Crippen LogP) is 18.9. The molecule has 0 amide bonds. The van der Waals surface area contributed by atoms with Crippen LogP contribution in [0.5, 0.6) is 0 Å². The Kier molecular flexibility index (Phi) is 16.7. The van der Waals surface area contributed by atoms with E-state index in [9.17, 15) is 132 Å². The summed E-state index contributed by atoms with van der Waals surface area (Å²) in [6.07, 6.45) is -10.7. The molecule has 0 saturated carbocycles. The highest BCUT2D eigenvalue weighted by atomic mass is 35.5. The summed E-state index contributed by atoms with van der Waals surface area (Å²) in [6.45, 7) is 6.13. The predicted molar refractivity (Wildman–Crippen MR) is 240 cm³/mol. The van der Waals surface area contributed by atoms with E-state index >= 15 is 0 Å². The molecule has 5 rings (SSSR count). The van der Waals surface area contributed by atoms with Gasteiger partial charge in [-0.2, -0.15) is 136 Å². The summed E-state index contributed by atoms with van der Waals surface area (Å²) in [4.78, 5) is 1.53. The molecule has 0 atom stereocenters. The summed E-state index contributed by atoms with van der Waals surface area (Å²) in [6, 6.07) is 6.16. The molecule has 2 aromatic rings. The number of hydrogen-bond donors (Lipinski definition) is 0. The van der Waals surface area contributed by atoms with Crippen molar-refractivity contribution in [1.29, 1.82) is 0 Å². The van der Waals surface area contributed by atoms with E-state index in [1.807, 2.05) is 0 Å². The van der Waals surface area contributed by atoms with E-state index in [0.717, 1.165) is 24.3 Å². The van der Waals surface area contributed by atoms with E-state index in [-0.39, 0.29) is 39.7 Å². The Hall–Kier alpha value is -5.46. The molecular weight excluding hydrogens is 1230 g/mol. The molecule has 33 heteroatoms. The van der Waals surface area contributed by atoms with Crippen LogP contribution in [0.15, 0.2) is 94.7 Å². The third kappa shape index (κ3) is 10.2. The maximum absolute atomic E-state index is 14.7. The average molecular weight is 1270 g/mol. The maximum Gasteiger partial charge on any atom is 0.460 e. The van der Waals surface area contributed by atoms with Crippen molar-refractivity contribution in [2.45, 2.75) is 141 Å². The maximum atomic E-state index is 14.7. The lowest BCUT2D eigenvalue weighted by Crippen LogP contribution is -2.72. The van der Waals surface area contributed by atoms with E-state index in [1.165, 1.54) is 75.6 Å². The van der Waals surface area contributed by atoms with Gasteiger partial charge in [0.05, 0.1) is 5.41 Å². The summed E-state index contributed by atoms with van der Waals surface area (Å²) in [7, 11) is 2.97. The first-order chi connectivity index (χ1) is 36.8. The number of benzene rings is 2. The van der Waals surface area contributed by atoms with Gasteiger partial charge in [0.25, 0.3) is 0 Å². The summed E-state index contributed by atoms with van der Waals surface area (Å²) >= 11 is 6.83. The van der Waals surface area contributed by atoms with Crippen LogP contribution >= 0.6 is 11.6 Å². The summed E-state index contributed by atoms with van der Waals surface area (Å²) < 4.78 is 414. The summed E-state index contributed by atoms with van der Waals surface area (Å²) in [5.74, 6) is -95.3. The number of nitrogens with zero attached hydrogens (tertiary/aromatic N) is 2. The molecule has 0 unspecified atom stereocenters. The van der Waals surface area contributed by atoms with Crippen LogP contribution in [0.1, 0.15) is 69.2 Å². The van der Waals surface area contributed by atoms with Crippen molar-refractivity contribution < 1.29 is 136 Å². The third-order valence-electron chi connectivity index (χ3n) is 14.1. The highest BCUT2D eigenvalue weighted by Gasteiger charge is 2.94. The van der Waals surface area contributed by atoms with E-state index in [4.69, 9.17) is 11.6 Å². The quantitative estimate of drug-likeness (QED) is 0.113. The number of halogens is 31. The van der Waals surface area contributed by atoms with Gasteiger partial charge in [-0.1, -0.05) is 55.8 Å². The molecule has 83 heavy (non-hydrogen) atoms. The van der Waals surface area contributed by atoms with Gasteiger partial charge < -0.3 is 4.90 Å². The highest BCUT2D eigenvalue weighted by molar-refractivity contribution is 6.32. The van der Waals surface area contributed by atoms with Gasteiger partial charge >= 0.3 is 83.4 Å². The lowest BCUT2D eigenvalue weighted by Gasteiger charge is -2.41. The Balaban J connectivity index is 1.38. The first-order valence-corrected chi connectivity index (χ1v) is 23.4. The van der Waals surface area contributed by atoms with Gasteiger partial charge in [-0.25, -0.2) is 0 Å². The van der Waals surface area contributed by atoms with Crippen molar-refractivity contribution in [2.75, 3.05) is 19.0 Å². The monoisotopic (exact) mass is 1270 g/mol. The van der Waals surface area contributed by atoms with Crippen LogP contribution in [0, 0.1) is 0 Å². The van der Waals surface area contributed by atoms with Gasteiger partial charge in [-0.3, -0.25) is 0 Å². The molecular formula is C50H38ClF30N2+. The minimum absolute atomic E-state index is 0.0711. The second-order valence-electron chi connectivity index (χ2n) is 20.2. The number of alkyl halides is 30. The minimum atomic E-state index is -8.46. The van der Waals surface area contributed by atoms with Crippen LogP contribution in [0.3, 0.4) is 0 Å². The number of likely N-dealkylation sites (N-methyl/N-ethyl adjacent to an activating group) is 1. The molecule has 0 spiro atoms. The number of hydrogen-bond acceptors (Lipinski definition) is 1. The standard InChI is InChI=1S/C50H38ClF30N2/c1-35(2)28-22-24(18-20-37(52,53)39(56,57)41(60,61)43(64,65)45(68,69)47(72,73)49(76,77)78)10-14-30(28)82(5)32(35)16-12-26-8-7-9-27(34(26)51)13-17-33-36(3,4)29-23-25(11-15-31(29)83(33)6)19-21-38(54,55)40(58,59)42(62,63)44(66,67)46(70,71)48(74,75)50(79,80)81/h10-23H,7-9H2,1-6H3/q+1/b20-18+,21-19+. The Morgan fingerprint density at radius 2 is 0.843 bits per heavy atom. The molecule has 0 radical (unpaired) electrons. The zero-order valence-electron chi connectivity index (χ0n) is 42.3. The van der Waals surface area contributed by atoms with E-state index in [0.29, 0.717) is 41.8 Å². The number of anilines is 1. The fourth-order valence-corrected chi connectivity index (χ4v) is 9.37. The molecule has 0 fully saturated rings. The molecule has 1 aliphatic carbocycles. The number of rotatable bonds is 17. The Morgan fingerprint density at radius 3 is 1.27 bits per heavy atom. The van der Waals surface area contributed by atoms with Crippen LogP contribution < -0.4 is 4.90 Å². The molecule has 0 saturated heterocycles. The average Bonchev–Trinajstić information content (AvgIpc) is 2.87. The topological polar surface area (TPSA) is 6.25 Å². The molecule has 3 aliphatic rings. The molecule has 0 aromatic heterocycles. The third-order valence-corrected chi connectivity index (χ3v) is 14.6. The lowest BCUT2D eigenvalue weighted by atomic mass is 9.80. The number of allylic oxidation sites excluding steroid dienone is 10. The van der Waals surface area contributed by atoms with Crippen molar-refractivity contribution in [1.82, 2.24) is 0 Å². The van der Waals surface area contributed by atoms with Crippen molar-refractivity contribution in [3.8, 4) is 0 Å². The Labute approximate surface area is 453 Å².